The number of para-hydroxylation sites is 1. The van der Waals surface area contributed by atoms with Gasteiger partial charge in [-0.1, -0.05) is 72.8 Å². The summed E-state index contributed by atoms with van der Waals surface area (Å²) in [7, 11) is 0. The largest absolute Gasteiger partial charge is 0.458 e. The lowest BCUT2D eigenvalue weighted by atomic mass is 9.31. The van der Waals surface area contributed by atoms with Crippen LogP contribution in [0.4, 0.5) is 28.4 Å². The normalized spacial score (nSPS) is 14.5. The van der Waals surface area contributed by atoms with E-state index in [-0.39, 0.29) is 20.1 Å². The summed E-state index contributed by atoms with van der Waals surface area (Å²) < 4.78 is 32.6. The number of nitrogens with zero attached hydrogens (tertiary/aromatic N) is 1. The molecule has 0 amide bonds. The second kappa shape index (κ2) is 11.8. The summed E-state index contributed by atoms with van der Waals surface area (Å²) in [5.41, 5.74) is 13.5. The first kappa shape index (κ1) is 33.3. The lowest BCUT2D eigenvalue weighted by Gasteiger charge is -2.41. The molecule has 0 atom stereocenters. The van der Waals surface area contributed by atoms with Crippen LogP contribution in [0.25, 0.3) is 20.2 Å². The van der Waals surface area contributed by atoms with Gasteiger partial charge >= 0.3 is 0 Å². The molecule has 6 aliphatic rings. The number of hydrogen-bond donors (Lipinski definition) is 1. The van der Waals surface area contributed by atoms with E-state index in [9.17, 15) is 0 Å². The van der Waals surface area contributed by atoms with Crippen molar-refractivity contribution in [2.24, 2.45) is 0 Å². The van der Waals surface area contributed by atoms with Crippen LogP contribution in [0.15, 0.2) is 158 Å². The highest BCUT2D eigenvalue weighted by Gasteiger charge is 2.48. The van der Waals surface area contributed by atoms with Crippen LogP contribution >= 0.6 is 22.7 Å². The van der Waals surface area contributed by atoms with E-state index in [0.29, 0.717) is 0 Å². The first-order valence-corrected chi connectivity index (χ1v) is 23.0. The summed E-state index contributed by atoms with van der Waals surface area (Å²) in [6, 6.07) is 56.4. The van der Waals surface area contributed by atoms with Gasteiger partial charge in [-0.25, -0.2) is 0 Å². The van der Waals surface area contributed by atoms with Gasteiger partial charge in [0.05, 0.1) is 0 Å². The Bertz CT molecular complexity index is 3740. The maximum atomic E-state index is 7.05. The molecule has 8 heterocycles. The Kier molecular flexibility index (Phi) is 6.23. The van der Waals surface area contributed by atoms with Crippen LogP contribution in [0, 0.1) is 0 Å². The van der Waals surface area contributed by atoms with E-state index in [1.807, 2.05) is 28.7 Å². The SMILES string of the molecule is c1ccc(N2c3cc4c(cc3B3c5sc6ccccc6c5Oc5cccc2c53)B2c3cc5c(cc3Oc3cccc(c32)O4)Nc2cccc3c2B5c2sc4ccccc4c2O3)cc1. The quantitative estimate of drug-likeness (QED) is 0.170. The van der Waals surface area contributed by atoms with Gasteiger partial charge in [-0.2, -0.15) is 0 Å². The Hall–Kier alpha value is -7.33. The summed E-state index contributed by atoms with van der Waals surface area (Å²) in [6.45, 7) is -0.215. The van der Waals surface area contributed by atoms with Gasteiger partial charge < -0.3 is 29.2 Å². The van der Waals surface area contributed by atoms with Crippen molar-refractivity contribution in [2.75, 3.05) is 10.2 Å². The Morgan fingerprint density at radius 3 is 1.68 bits per heavy atom. The molecule has 6 nitrogen and oxygen atoms in total. The molecule has 1 N–H and O–H groups in total. The molecule has 0 radical (unpaired) electrons. The second-order valence-corrected chi connectivity index (χ2v) is 19.3. The average molecular weight is 840 g/mol. The van der Waals surface area contributed by atoms with E-state index in [1.165, 1.54) is 40.8 Å². The molecule has 290 valence electrons. The summed E-state index contributed by atoms with van der Waals surface area (Å²) in [4.78, 5) is 2.39. The average Bonchev–Trinajstić information content (AvgIpc) is 3.89. The zero-order valence-corrected chi connectivity index (χ0v) is 34.8. The van der Waals surface area contributed by atoms with E-state index < -0.39 is 0 Å². The lowest BCUT2D eigenvalue weighted by molar-refractivity contribution is 0.465. The molecule has 0 saturated heterocycles. The third-order valence-electron chi connectivity index (χ3n) is 13.9. The van der Waals surface area contributed by atoms with Gasteiger partial charge in [-0.15, -0.1) is 22.7 Å². The van der Waals surface area contributed by atoms with Crippen LogP contribution < -0.4 is 77.0 Å². The highest BCUT2D eigenvalue weighted by Crippen LogP contribution is 2.46. The van der Waals surface area contributed by atoms with Crippen molar-refractivity contribution in [3.8, 4) is 46.0 Å². The maximum Gasteiger partial charge on any atom is 0.268 e. The molecular weight excluding hydrogens is 813 g/mol. The minimum Gasteiger partial charge on any atom is -0.458 e. The fraction of sp³-hybridized carbons (Fsp3) is 0. The first-order valence-electron chi connectivity index (χ1n) is 21.3. The standard InChI is InChI=1S/C52H27B3N2O4S2/c1-2-11-27(12-3-1)57-36-16-9-18-39-47(36)55(52-50(61-39)29-14-5-7-22-45(29)63-52)31-24-33-43(26-37(31)57)59-41-20-10-19-40-48(41)53(33)32-23-30-35(25-42(32)58-40)56-34-15-8-17-38-46(34)54(30)51-49(60-38)28-13-4-6-21-44(28)62-51/h1-26,56H. The molecule has 2 aromatic heterocycles. The second-order valence-electron chi connectivity index (χ2n) is 17.1. The molecule has 0 saturated carbocycles. The van der Waals surface area contributed by atoms with Gasteiger partial charge in [-0.3, -0.25) is 0 Å². The first-order chi connectivity index (χ1) is 31.2. The predicted molar refractivity (Wildman–Crippen MR) is 262 cm³/mol. The monoisotopic (exact) mass is 840 g/mol. The van der Waals surface area contributed by atoms with E-state index in [1.54, 1.807) is 0 Å². The molecular formula is C52H27B3N2O4S2. The fourth-order valence-electron chi connectivity index (χ4n) is 11.3. The van der Waals surface area contributed by atoms with Crippen molar-refractivity contribution < 1.29 is 18.9 Å². The van der Waals surface area contributed by atoms with Gasteiger partial charge in [0.2, 0.25) is 0 Å². The summed E-state index contributed by atoms with van der Waals surface area (Å²) >= 11 is 3.67. The van der Waals surface area contributed by atoms with Crippen molar-refractivity contribution in [2.45, 2.75) is 0 Å². The number of ether oxygens (including phenoxy) is 4. The van der Waals surface area contributed by atoms with E-state index in [4.69, 9.17) is 18.9 Å². The number of nitrogens with one attached hydrogen (secondary N) is 1. The van der Waals surface area contributed by atoms with Crippen LogP contribution in [0.2, 0.25) is 0 Å². The molecule has 0 spiro atoms. The van der Waals surface area contributed by atoms with Crippen LogP contribution in [-0.2, 0) is 0 Å². The molecule has 11 heteroatoms. The van der Waals surface area contributed by atoms with Crippen molar-refractivity contribution >= 4 is 139 Å². The van der Waals surface area contributed by atoms with Gasteiger partial charge in [0.15, 0.2) is 0 Å². The molecule has 0 unspecified atom stereocenters. The zero-order chi connectivity index (χ0) is 40.7. The van der Waals surface area contributed by atoms with Crippen LogP contribution in [0.1, 0.15) is 0 Å². The Balaban J connectivity index is 0.956. The third kappa shape index (κ3) is 4.26. The van der Waals surface area contributed by atoms with E-state index >= 15 is 0 Å². The minimum absolute atomic E-state index is 0.0126. The zero-order valence-electron chi connectivity index (χ0n) is 33.1. The van der Waals surface area contributed by atoms with Gasteiger partial charge in [-0.05, 0) is 106 Å². The molecule has 8 aromatic carbocycles. The highest BCUT2D eigenvalue weighted by molar-refractivity contribution is 7.34. The van der Waals surface area contributed by atoms with Crippen molar-refractivity contribution in [1.82, 2.24) is 0 Å². The Morgan fingerprint density at radius 1 is 0.397 bits per heavy atom. The number of benzene rings is 8. The molecule has 10 aromatic rings. The number of fused-ring (bicyclic) bond motifs is 16. The number of thiophene rings is 2. The smallest absolute Gasteiger partial charge is 0.268 e. The lowest BCUT2D eigenvalue weighted by Crippen LogP contribution is -2.63. The molecule has 16 rings (SSSR count). The molecule has 63 heavy (non-hydrogen) atoms. The van der Waals surface area contributed by atoms with Gasteiger partial charge in [0.1, 0.15) is 46.0 Å². The van der Waals surface area contributed by atoms with Crippen molar-refractivity contribution in [1.29, 1.82) is 0 Å². The summed E-state index contributed by atoms with van der Waals surface area (Å²) in [5, 5.41) is 6.12. The van der Waals surface area contributed by atoms with Gasteiger partial charge in [0.25, 0.3) is 20.1 Å². The predicted octanol–water partition coefficient (Wildman–Crippen LogP) is 7.93. The van der Waals surface area contributed by atoms with E-state index in [0.717, 1.165) is 102 Å². The third-order valence-corrected chi connectivity index (χ3v) is 16.3. The number of anilines is 5. The van der Waals surface area contributed by atoms with Crippen LogP contribution in [0.5, 0.6) is 46.0 Å². The summed E-state index contributed by atoms with van der Waals surface area (Å²) in [5.74, 6) is 7.05. The molecule has 6 aliphatic heterocycles. The minimum atomic E-state index is -0.152. The van der Waals surface area contributed by atoms with Gasteiger partial charge in [0, 0.05) is 75.8 Å². The topological polar surface area (TPSA) is 52.2 Å². The highest BCUT2D eigenvalue weighted by atomic mass is 32.1. The number of rotatable bonds is 1. The molecule has 0 fully saturated rings. The van der Waals surface area contributed by atoms with Crippen molar-refractivity contribution in [3.05, 3.63) is 158 Å². The fourth-order valence-corrected chi connectivity index (χ4v) is 13.9. The van der Waals surface area contributed by atoms with E-state index in [2.05, 4.69) is 162 Å². The Labute approximate surface area is 370 Å². The Morgan fingerprint density at radius 2 is 0.968 bits per heavy atom. The summed E-state index contributed by atoms with van der Waals surface area (Å²) in [6.07, 6.45) is 0. The molecule has 0 bridgehead atoms. The molecule has 0 aliphatic carbocycles. The van der Waals surface area contributed by atoms with Crippen LogP contribution in [0.3, 0.4) is 0 Å². The van der Waals surface area contributed by atoms with Crippen molar-refractivity contribution in [3.63, 3.8) is 0 Å². The maximum absolute atomic E-state index is 7.05. The number of hydrogen-bond acceptors (Lipinski definition) is 8. The van der Waals surface area contributed by atoms with Crippen LogP contribution in [-0.4, -0.2) is 20.1 Å².